The van der Waals surface area contributed by atoms with Crippen molar-refractivity contribution in [3.8, 4) is 0 Å². The van der Waals surface area contributed by atoms with Crippen molar-refractivity contribution in [3.05, 3.63) is 35.9 Å². The molecule has 3 rings (SSSR count). The highest BCUT2D eigenvalue weighted by atomic mass is 16.6. The van der Waals surface area contributed by atoms with E-state index in [9.17, 15) is 4.79 Å². The number of epoxide rings is 1. The molecule has 0 unspecified atom stereocenters. The fourth-order valence-corrected chi connectivity index (χ4v) is 3.43. The van der Waals surface area contributed by atoms with Gasteiger partial charge in [-0.3, -0.25) is 4.79 Å². The Kier molecular flexibility index (Phi) is 2.98. The molecule has 0 N–H and O–H groups in total. The SMILES string of the molecule is CC(=O)[C@@H]1O[C@@]12CCC[C@H](c1ccccc1)CC2. The fourth-order valence-electron chi connectivity index (χ4n) is 3.43. The molecule has 1 saturated heterocycles. The number of carbonyl (C=O) groups is 1. The second kappa shape index (κ2) is 4.51. The zero-order valence-electron chi connectivity index (χ0n) is 10.9. The molecule has 18 heavy (non-hydrogen) atoms. The van der Waals surface area contributed by atoms with Crippen LogP contribution in [0.3, 0.4) is 0 Å². The summed E-state index contributed by atoms with van der Waals surface area (Å²) in [5.74, 6) is 0.843. The smallest absolute Gasteiger partial charge is 0.161 e. The first-order valence-corrected chi connectivity index (χ1v) is 6.94. The lowest BCUT2D eigenvalue weighted by atomic mass is 9.90. The van der Waals surface area contributed by atoms with Gasteiger partial charge in [-0.1, -0.05) is 30.3 Å². The third-order valence-corrected chi connectivity index (χ3v) is 4.48. The topological polar surface area (TPSA) is 29.6 Å². The Morgan fingerprint density at radius 3 is 2.67 bits per heavy atom. The van der Waals surface area contributed by atoms with E-state index >= 15 is 0 Å². The summed E-state index contributed by atoms with van der Waals surface area (Å²) < 4.78 is 5.72. The molecule has 0 amide bonds. The van der Waals surface area contributed by atoms with E-state index in [4.69, 9.17) is 4.74 Å². The van der Waals surface area contributed by atoms with Crippen LogP contribution in [0.2, 0.25) is 0 Å². The standard InChI is InChI=1S/C16H20O2/c1-12(17)15-16(18-15)10-5-8-14(9-11-16)13-6-3-2-4-7-13/h2-4,6-7,14-15H,5,8-11H2,1H3/t14-,15-,16+/m0/s1. The van der Waals surface area contributed by atoms with Gasteiger partial charge in [0.15, 0.2) is 5.78 Å². The Hall–Kier alpha value is -1.15. The minimum Gasteiger partial charge on any atom is -0.358 e. The summed E-state index contributed by atoms with van der Waals surface area (Å²) in [5, 5.41) is 0. The highest BCUT2D eigenvalue weighted by Crippen LogP contribution is 2.49. The van der Waals surface area contributed by atoms with Crippen molar-refractivity contribution in [2.75, 3.05) is 0 Å². The summed E-state index contributed by atoms with van der Waals surface area (Å²) in [6, 6.07) is 10.7. The second-order valence-electron chi connectivity index (χ2n) is 5.71. The largest absolute Gasteiger partial charge is 0.358 e. The molecule has 0 aromatic heterocycles. The summed E-state index contributed by atoms with van der Waals surface area (Å²) >= 11 is 0. The molecule has 1 heterocycles. The van der Waals surface area contributed by atoms with Crippen molar-refractivity contribution in [2.45, 2.75) is 56.7 Å². The summed E-state index contributed by atoms with van der Waals surface area (Å²) in [7, 11) is 0. The van der Waals surface area contributed by atoms with E-state index in [0.29, 0.717) is 5.92 Å². The molecule has 1 aliphatic carbocycles. The van der Waals surface area contributed by atoms with Crippen LogP contribution < -0.4 is 0 Å². The molecular formula is C16H20O2. The van der Waals surface area contributed by atoms with Crippen LogP contribution in [0.1, 0.15) is 50.5 Å². The van der Waals surface area contributed by atoms with Gasteiger partial charge in [0.1, 0.15) is 11.7 Å². The van der Waals surface area contributed by atoms with Crippen LogP contribution in [-0.2, 0) is 9.53 Å². The Labute approximate surface area is 108 Å². The molecule has 1 saturated carbocycles. The maximum Gasteiger partial charge on any atom is 0.161 e. The molecule has 0 bridgehead atoms. The minimum absolute atomic E-state index is 0.0879. The van der Waals surface area contributed by atoms with Gasteiger partial charge in [-0.2, -0.15) is 0 Å². The lowest BCUT2D eigenvalue weighted by molar-refractivity contribution is -0.118. The minimum atomic E-state index is -0.105. The number of rotatable bonds is 2. The van der Waals surface area contributed by atoms with Crippen molar-refractivity contribution in [1.29, 1.82) is 0 Å². The van der Waals surface area contributed by atoms with Gasteiger partial charge < -0.3 is 4.74 Å². The number of ether oxygens (including phenoxy) is 1. The highest BCUT2D eigenvalue weighted by molar-refractivity contribution is 5.84. The maximum absolute atomic E-state index is 11.4. The molecule has 2 nitrogen and oxygen atoms in total. The number of ketones is 1. The van der Waals surface area contributed by atoms with Crippen molar-refractivity contribution < 1.29 is 9.53 Å². The Morgan fingerprint density at radius 2 is 2.00 bits per heavy atom. The molecule has 1 aromatic carbocycles. The van der Waals surface area contributed by atoms with Gasteiger partial charge in [-0.05, 0) is 50.5 Å². The average molecular weight is 244 g/mol. The van der Waals surface area contributed by atoms with Gasteiger partial charge in [0.2, 0.25) is 0 Å². The van der Waals surface area contributed by atoms with Crippen molar-refractivity contribution in [1.82, 2.24) is 0 Å². The average Bonchev–Trinajstić information content (AvgIpc) is 3.14. The lowest BCUT2D eigenvalue weighted by Gasteiger charge is -2.14. The molecule has 3 atom stereocenters. The molecule has 1 aliphatic heterocycles. The quantitative estimate of drug-likeness (QED) is 0.746. The summed E-state index contributed by atoms with van der Waals surface area (Å²) in [4.78, 5) is 11.4. The Balaban J connectivity index is 1.68. The number of hydrogen-bond acceptors (Lipinski definition) is 2. The van der Waals surface area contributed by atoms with E-state index in [1.807, 2.05) is 0 Å². The van der Waals surface area contributed by atoms with Gasteiger partial charge >= 0.3 is 0 Å². The molecule has 1 aromatic rings. The predicted octanol–water partition coefficient (Wildman–Crippen LogP) is 3.46. The van der Waals surface area contributed by atoms with Gasteiger partial charge in [-0.15, -0.1) is 0 Å². The molecule has 1 spiro atoms. The normalized spacial score (nSPS) is 35.2. The van der Waals surface area contributed by atoms with Crippen molar-refractivity contribution in [2.24, 2.45) is 0 Å². The van der Waals surface area contributed by atoms with Crippen LogP contribution in [0.15, 0.2) is 30.3 Å². The molecule has 96 valence electrons. The molecule has 2 heteroatoms. The van der Waals surface area contributed by atoms with E-state index in [1.54, 1.807) is 6.92 Å². The monoisotopic (exact) mass is 244 g/mol. The third-order valence-electron chi connectivity index (χ3n) is 4.48. The zero-order valence-corrected chi connectivity index (χ0v) is 10.9. The summed E-state index contributed by atoms with van der Waals surface area (Å²) in [6.45, 7) is 1.65. The van der Waals surface area contributed by atoms with Crippen LogP contribution in [0.5, 0.6) is 0 Å². The second-order valence-corrected chi connectivity index (χ2v) is 5.71. The van der Waals surface area contributed by atoms with E-state index in [1.165, 1.54) is 18.4 Å². The van der Waals surface area contributed by atoms with Crippen LogP contribution in [0.4, 0.5) is 0 Å². The first-order chi connectivity index (χ1) is 8.71. The van der Waals surface area contributed by atoms with E-state index in [0.717, 1.165) is 19.3 Å². The van der Waals surface area contributed by atoms with E-state index < -0.39 is 0 Å². The molecule has 0 radical (unpaired) electrons. The predicted molar refractivity (Wildman–Crippen MR) is 70.6 cm³/mol. The first kappa shape index (κ1) is 11.9. The lowest BCUT2D eigenvalue weighted by Crippen LogP contribution is -2.18. The first-order valence-electron chi connectivity index (χ1n) is 6.94. The van der Waals surface area contributed by atoms with Gasteiger partial charge in [0.25, 0.3) is 0 Å². The van der Waals surface area contributed by atoms with Gasteiger partial charge in [0.05, 0.1) is 0 Å². The molecular weight excluding hydrogens is 224 g/mol. The number of hydrogen-bond donors (Lipinski definition) is 0. The van der Waals surface area contributed by atoms with Crippen LogP contribution in [-0.4, -0.2) is 17.5 Å². The van der Waals surface area contributed by atoms with Crippen LogP contribution in [0.25, 0.3) is 0 Å². The Morgan fingerprint density at radius 1 is 1.22 bits per heavy atom. The number of carbonyl (C=O) groups excluding carboxylic acids is 1. The maximum atomic E-state index is 11.4. The summed E-state index contributed by atoms with van der Waals surface area (Å²) in [6.07, 6.45) is 5.53. The van der Waals surface area contributed by atoms with Gasteiger partial charge in [0, 0.05) is 0 Å². The van der Waals surface area contributed by atoms with Gasteiger partial charge in [-0.25, -0.2) is 0 Å². The van der Waals surface area contributed by atoms with Crippen molar-refractivity contribution >= 4 is 5.78 Å². The fraction of sp³-hybridized carbons (Fsp3) is 0.562. The van der Waals surface area contributed by atoms with E-state index in [2.05, 4.69) is 30.3 Å². The third kappa shape index (κ3) is 2.10. The summed E-state index contributed by atoms with van der Waals surface area (Å²) in [5.41, 5.74) is 1.35. The Bertz CT molecular complexity index is 440. The number of Topliss-reactive ketones (excluding diaryl/α,β-unsaturated/α-hetero) is 1. The van der Waals surface area contributed by atoms with Crippen molar-refractivity contribution in [3.63, 3.8) is 0 Å². The zero-order chi connectivity index (χ0) is 12.6. The molecule has 2 aliphatic rings. The molecule has 2 fully saturated rings. The number of benzene rings is 1. The van der Waals surface area contributed by atoms with Crippen LogP contribution >= 0.6 is 0 Å². The van der Waals surface area contributed by atoms with Crippen LogP contribution in [0, 0.1) is 0 Å². The highest BCUT2D eigenvalue weighted by Gasteiger charge is 2.58. The van der Waals surface area contributed by atoms with E-state index in [-0.39, 0.29) is 17.5 Å².